The molecule has 1 N–H and O–H groups in total. The van der Waals surface area contributed by atoms with Crippen molar-refractivity contribution in [3.8, 4) is 11.5 Å². The highest BCUT2D eigenvalue weighted by molar-refractivity contribution is 5.84. The standard InChI is InChI=1S/C24H30N6O2/c1-3-13-29(16(2)31)30-23-20(26-21(27-23)18-11-7-8-12-18)22-25-19(15-28(22)24(30)32)14-17-9-5-4-6-10-17/h4-6,9-10,18-19,25H,3,7-8,11-15H2,1-2H3/t19-/m1/s1. The molecular weight excluding hydrogens is 404 g/mol. The number of hydrogen-bond donors (Lipinski definition) is 1. The summed E-state index contributed by atoms with van der Waals surface area (Å²) in [5.41, 5.74) is 1.66. The third-order valence-corrected chi connectivity index (χ3v) is 6.59. The van der Waals surface area contributed by atoms with Gasteiger partial charge in [0, 0.05) is 32.0 Å². The lowest BCUT2D eigenvalue weighted by Crippen LogP contribution is -2.49. The van der Waals surface area contributed by atoms with Gasteiger partial charge in [-0.15, -0.1) is 0 Å². The van der Waals surface area contributed by atoms with Crippen LogP contribution in [0.2, 0.25) is 0 Å². The van der Waals surface area contributed by atoms with Crippen molar-refractivity contribution in [1.29, 1.82) is 0 Å². The molecular formula is C24H30N6O2. The molecule has 168 valence electrons. The molecule has 1 aliphatic carbocycles. The Bertz CT molecular complexity index is 1150. The van der Waals surface area contributed by atoms with Gasteiger partial charge in [0.1, 0.15) is 11.6 Å². The summed E-state index contributed by atoms with van der Waals surface area (Å²) in [5.74, 6) is 2.16. The van der Waals surface area contributed by atoms with Crippen molar-refractivity contribution in [2.75, 3.05) is 16.9 Å². The average molecular weight is 435 g/mol. The van der Waals surface area contributed by atoms with Crippen LogP contribution in [-0.2, 0) is 17.8 Å². The zero-order valence-corrected chi connectivity index (χ0v) is 18.8. The summed E-state index contributed by atoms with van der Waals surface area (Å²) >= 11 is 0. The highest BCUT2D eigenvalue weighted by Crippen LogP contribution is 2.37. The topological polar surface area (TPSA) is 85.1 Å². The van der Waals surface area contributed by atoms with Crippen LogP contribution >= 0.6 is 0 Å². The first kappa shape index (κ1) is 20.7. The number of rotatable bonds is 6. The van der Waals surface area contributed by atoms with E-state index >= 15 is 0 Å². The van der Waals surface area contributed by atoms with Gasteiger partial charge in [-0.2, -0.15) is 4.68 Å². The fourth-order valence-corrected chi connectivity index (χ4v) is 5.07. The first-order valence-corrected chi connectivity index (χ1v) is 11.7. The lowest BCUT2D eigenvalue weighted by molar-refractivity contribution is -0.118. The number of fused-ring (bicyclic) bond motifs is 3. The number of carbonyl (C=O) groups is 1. The highest BCUT2D eigenvalue weighted by Gasteiger charge is 2.35. The van der Waals surface area contributed by atoms with Gasteiger partial charge in [0.25, 0.3) is 0 Å². The first-order valence-electron chi connectivity index (χ1n) is 11.7. The number of anilines is 1. The molecule has 1 aromatic rings. The minimum absolute atomic E-state index is 0.0766. The van der Waals surface area contributed by atoms with E-state index in [4.69, 9.17) is 9.97 Å². The lowest BCUT2D eigenvalue weighted by Gasteiger charge is -2.25. The summed E-state index contributed by atoms with van der Waals surface area (Å²) in [7, 11) is 0. The maximum atomic E-state index is 13.6. The predicted octanol–water partition coefficient (Wildman–Crippen LogP) is 3.13. The third kappa shape index (κ3) is 3.57. The van der Waals surface area contributed by atoms with Crippen LogP contribution in [0.3, 0.4) is 0 Å². The Morgan fingerprint density at radius 1 is 1.19 bits per heavy atom. The number of aromatic nitrogens is 4. The molecule has 1 amide bonds. The van der Waals surface area contributed by atoms with E-state index in [0.29, 0.717) is 30.5 Å². The van der Waals surface area contributed by atoms with E-state index in [1.165, 1.54) is 35.0 Å². The summed E-state index contributed by atoms with van der Waals surface area (Å²) in [6, 6.07) is 10.3. The average Bonchev–Trinajstić information content (AvgIpc) is 3.53. The van der Waals surface area contributed by atoms with Crippen molar-refractivity contribution in [2.45, 2.75) is 70.9 Å². The Morgan fingerprint density at radius 2 is 1.94 bits per heavy atom. The number of imidazole rings is 1. The molecule has 0 spiro atoms. The molecule has 0 unspecified atom stereocenters. The van der Waals surface area contributed by atoms with Gasteiger partial charge in [0.2, 0.25) is 5.91 Å². The number of nitrogens with zero attached hydrogens (tertiary/aromatic N) is 5. The smallest absolute Gasteiger partial charge is 0.350 e. The van der Waals surface area contributed by atoms with E-state index in [1.54, 1.807) is 4.57 Å². The number of nitrogens with one attached hydrogen (secondary N) is 1. The van der Waals surface area contributed by atoms with E-state index in [0.717, 1.165) is 37.3 Å². The number of benzene rings is 1. The number of hydrogen-bond acceptors (Lipinski definition) is 5. The minimum Gasteiger partial charge on any atom is -0.365 e. The molecule has 1 fully saturated rings. The molecule has 1 saturated carbocycles. The minimum atomic E-state index is -0.239. The van der Waals surface area contributed by atoms with Gasteiger partial charge in [-0.1, -0.05) is 50.1 Å². The van der Waals surface area contributed by atoms with Gasteiger partial charge in [-0.3, -0.25) is 9.36 Å². The molecule has 1 atom stereocenters. The van der Waals surface area contributed by atoms with Crippen molar-refractivity contribution in [1.82, 2.24) is 19.2 Å². The van der Waals surface area contributed by atoms with E-state index in [1.807, 2.05) is 25.1 Å². The molecule has 1 aromatic carbocycles. The molecule has 8 nitrogen and oxygen atoms in total. The summed E-state index contributed by atoms with van der Waals surface area (Å²) in [5, 5.41) is 5.05. The molecule has 0 bridgehead atoms. The van der Waals surface area contributed by atoms with Gasteiger partial charge >= 0.3 is 5.69 Å². The van der Waals surface area contributed by atoms with Gasteiger partial charge in [0.15, 0.2) is 11.5 Å². The van der Waals surface area contributed by atoms with Crippen LogP contribution < -0.4 is 16.0 Å². The quantitative estimate of drug-likeness (QED) is 0.644. The largest absolute Gasteiger partial charge is 0.365 e. The van der Waals surface area contributed by atoms with Crippen molar-refractivity contribution in [2.24, 2.45) is 0 Å². The molecule has 8 heteroatoms. The van der Waals surface area contributed by atoms with E-state index < -0.39 is 0 Å². The van der Waals surface area contributed by atoms with Gasteiger partial charge in [0.05, 0.1) is 0 Å². The molecule has 0 saturated heterocycles. The van der Waals surface area contributed by atoms with Crippen LogP contribution in [0.4, 0.5) is 5.82 Å². The lowest BCUT2D eigenvalue weighted by atomic mass is 10.1. The van der Waals surface area contributed by atoms with Crippen molar-refractivity contribution in [3.05, 3.63) is 52.2 Å². The van der Waals surface area contributed by atoms with Crippen LogP contribution in [0.25, 0.3) is 11.5 Å². The van der Waals surface area contributed by atoms with Crippen molar-refractivity contribution < 1.29 is 4.79 Å². The fraction of sp³-hybridized carbons (Fsp3) is 0.500. The molecule has 0 aromatic heterocycles. The Balaban J connectivity index is 1.61. The molecule has 5 rings (SSSR count). The summed E-state index contributed by atoms with van der Waals surface area (Å²) in [4.78, 5) is 35.9. The molecule has 3 heterocycles. The molecule has 0 radical (unpaired) electrons. The maximum Gasteiger partial charge on any atom is 0.350 e. The monoisotopic (exact) mass is 434 g/mol. The Morgan fingerprint density at radius 3 is 2.62 bits per heavy atom. The van der Waals surface area contributed by atoms with Crippen molar-refractivity contribution >= 4 is 11.7 Å². The zero-order valence-electron chi connectivity index (χ0n) is 18.8. The predicted molar refractivity (Wildman–Crippen MR) is 124 cm³/mol. The SMILES string of the molecule is CCCN(C(C)=O)n1c2nc(C3CCCC3)nc-2c2n(c1=O)C[C@@H](Cc1ccccc1)N2. The van der Waals surface area contributed by atoms with Crippen LogP contribution in [0.15, 0.2) is 35.1 Å². The Kier molecular flexibility index (Phi) is 5.45. The second kappa shape index (κ2) is 8.41. The number of amides is 1. The number of carbonyl (C=O) groups excluding carboxylic acids is 1. The summed E-state index contributed by atoms with van der Waals surface area (Å²) in [6.07, 6.45) is 6.06. The van der Waals surface area contributed by atoms with Gasteiger partial charge in [-0.05, 0) is 31.2 Å². The highest BCUT2D eigenvalue weighted by atomic mass is 16.2. The maximum absolute atomic E-state index is 13.6. The van der Waals surface area contributed by atoms with Gasteiger partial charge < -0.3 is 5.32 Å². The second-order valence-corrected chi connectivity index (χ2v) is 8.96. The van der Waals surface area contributed by atoms with Crippen molar-refractivity contribution in [3.63, 3.8) is 0 Å². The van der Waals surface area contributed by atoms with Gasteiger partial charge in [-0.25, -0.2) is 19.8 Å². The molecule has 32 heavy (non-hydrogen) atoms. The summed E-state index contributed by atoms with van der Waals surface area (Å²) in [6.45, 7) is 4.48. The Labute approximate surface area is 187 Å². The third-order valence-electron chi connectivity index (χ3n) is 6.59. The second-order valence-electron chi connectivity index (χ2n) is 8.96. The van der Waals surface area contributed by atoms with Crippen LogP contribution in [0.5, 0.6) is 0 Å². The van der Waals surface area contributed by atoms with Crippen LogP contribution in [0.1, 0.15) is 63.3 Å². The normalized spacial score (nSPS) is 18.1. The van der Waals surface area contributed by atoms with E-state index in [-0.39, 0.29) is 17.6 Å². The zero-order chi connectivity index (χ0) is 22.2. The fourth-order valence-electron chi connectivity index (χ4n) is 5.07. The van der Waals surface area contributed by atoms with E-state index in [9.17, 15) is 9.59 Å². The summed E-state index contributed by atoms with van der Waals surface area (Å²) < 4.78 is 3.19. The molecule has 3 aliphatic heterocycles. The van der Waals surface area contributed by atoms with E-state index in [2.05, 4.69) is 17.4 Å². The first-order chi connectivity index (χ1) is 15.6. The molecule has 4 aliphatic rings. The van der Waals surface area contributed by atoms with Crippen LogP contribution in [0, 0.1) is 0 Å². The van der Waals surface area contributed by atoms with Crippen LogP contribution in [-0.4, -0.2) is 37.7 Å². The Hall–Kier alpha value is -3.16.